The topological polar surface area (TPSA) is 119 Å². The fraction of sp³-hybridized carbons (Fsp3) is 0.174. The number of sulfone groups is 1. The first-order chi connectivity index (χ1) is 15.2. The van der Waals surface area contributed by atoms with Crippen LogP contribution in [0.5, 0.6) is 0 Å². The third-order valence-corrected chi connectivity index (χ3v) is 6.22. The Morgan fingerprint density at radius 2 is 1.47 bits per heavy atom. The molecule has 0 aliphatic rings. The smallest absolute Gasteiger partial charge is 0.307 e. The van der Waals surface area contributed by atoms with Crippen molar-refractivity contribution in [1.29, 1.82) is 0 Å². The summed E-state index contributed by atoms with van der Waals surface area (Å²) in [6.45, 7) is 0.847. The van der Waals surface area contributed by atoms with Crippen molar-refractivity contribution < 1.29 is 27.5 Å². The van der Waals surface area contributed by atoms with Crippen molar-refractivity contribution in [3.05, 3.63) is 66.7 Å². The molecule has 0 spiro atoms. The minimum absolute atomic E-state index is 0.129. The van der Waals surface area contributed by atoms with Crippen LogP contribution in [0.3, 0.4) is 0 Å². The number of fused-ring (bicyclic) bond motifs is 1. The summed E-state index contributed by atoms with van der Waals surface area (Å²) in [7, 11) is -3.68. The molecule has 9 heteroatoms. The van der Waals surface area contributed by atoms with Crippen LogP contribution in [0, 0.1) is 0 Å². The molecule has 0 aromatic heterocycles. The summed E-state index contributed by atoms with van der Waals surface area (Å²) >= 11 is 0. The first-order valence-electron chi connectivity index (χ1n) is 9.78. The number of rotatable bonds is 8. The molecule has 2 amide bonds. The molecule has 0 fully saturated rings. The zero-order valence-corrected chi connectivity index (χ0v) is 18.1. The molecule has 0 saturated carbocycles. The summed E-state index contributed by atoms with van der Waals surface area (Å²) < 4.78 is 30.0. The number of carbonyl (C=O) groups is 3. The fourth-order valence-electron chi connectivity index (χ4n) is 2.95. The lowest BCUT2D eigenvalue weighted by molar-refractivity contribution is -0.146. The maximum Gasteiger partial charge on any atom is 0.307 e. The second kappa shape index (κ2) is 10.1. The van der Waals surface area contributed by atoms with Gasteiger partial charge in [0, 0.05) is 18.3 Å². The average molecular weight is 455 g/mol. The van der Waals surface area contributed by atoms with Gasteiger partial charge in [0.15, 0.2) is 16.4 Å². The molecule has 0 bridgehead atoms. The fourth-order valence-corrected chi connectivity index (χ4v) is 4.20. The lowest BCUT2D eigenvalue weighted by Crippen LogP contribution is -2.22. The second-order valence-electron chi connectivity index (χ2n) is 7.05. The van der Waals surface area contributed by atoms with Gasteiger partial charge in [-0.3, -0.25) is 14.4 Å². The number of nitrogens with one attached hydrogen (secondary N) is 2. The first kappa shape index (κ1) is 23.0. The second-order valence-corrected chi connectivity index (χ2v) is 9.15. The highest BCUT2D eigenvalue weighted by Gasteiger charge is 2.18. The molecule has 0 atom stereocenters. The molecule has 2 N–H and O–H groups in total. The van der Waals surface area contributed by atoms with Crippen LogP contribution in [0.4, 0.5) is 11.4 Å². The molecule has 0 aliphatic heterocycles. The van der Waals surface area contributed by atoms with E-state index in [4.69, 9.17) is 4.74 Å². The SMILES string of the molecule is CC(=O)Nc1ccc(NC(=O)COC(=O)CCS(=O)(=O)c2ccc3ccccc3c2)cc1. The minimum atomic E-state index is -3.68. The van der Waals surface area contributed by atoms with Gasteiger partial charge in [-0.1, -0.05) is 30.3 Å². The molecule has 3 aromatic carbocycles. The van der Waals surface area contributed by atoms with E-state index in [1.54, 1.807) is 36.4 Å². The van der Waals surface area contributed by atoms with Gasteiger partial charge < -0.3 is 15.4 Å². The summed E-state index contributed by atoms with van der Waals surface area (Å²) in [5, 5.41) is 6.86. The molecule has 3 rings (SSSR count). The molecule has 0 unspecified atom stereocenters. The highest BCUT2D eigenvalue weighted by Crippen LogP contribution is 2.20. The van der Waals surface area contributed by atoms with E-state index in [2.05, 4.69) is 10.6 Å². The predicted octanol–water partition coefficient (Wildman–Crippen LogP) is 3.14. The standard InChI is InChI=1S/C23H22N2O6S/c1-16(26)24-19-7-9-20(10-8-19)25-22(27)15-31-23(28)12-13-32(29,30)21-11-6-17-4-2-3-5-18(17)14-21/h2-11,14H,12-13,15H2,1H3,(H,24,26)(H,25,27). The predicted molar refractivity (Wildman–Crippen MR) is 121 cm³/mol. The minimum Gasteiger partial charge on any atom is -0.456 e. The molecule has 0 heterocycles. The van der Waals surface area contributed by atoms with E-state index in [-0.39, 0.29) is 17.2 Å². The molecule has 3 aromatic rings. The van der Waals surface area contributed by atoms with Gasteiger partial charge in [-0.05, 0) is 47.2 Å². The van der Waals surface area contributed by atoms with Crippen molar-refractivity contribution in [3.63, 3.8) is 0 Å². The van der Waals surface area contributed by atoms with E-state index in [1.807, 2.05) is 24.3 Å². The highest BCUT2D eigenvalue weighted by molar-refractivity contribution is 7.91. The van der Waals surface area contributed by atoms with Gasteiger partial charge in [0.1, 0.15) is 0 Å². The monoisotopic (exact) mass is 454 g/mol. The number of hydrogen-bond donors (Lipinski definition) is 2. The average Bonchev–Trinajstić information content (AvgIpc) is 2.77. The van der Waals surface area contributed by atoms with Gasteiger partial charge in [-0.25, -0.2) is 8.42 Å². The van der Waals surface area contributed by atoms with E-state index < -0.39 is 34.1 Å². The van der Waals surface area contributed by atoms with Crippen LogP contribution in [0.25, 0.3) is 10.8 Å². The van der Waals surface area contributed by atoms with Crippen molar-refractivity contribution in [3.8, 4) is 0 Å². The van der Waals surface area contributed by atoms with E-state index in [9.17, 15) is 22.8 Å². The van der Waals surface area contributed by atoms with Crippen molar-refractivity contribution in [2.24, 2.45) is 0 Å². The molecule has 0 saturated heterocycles. The lowest BCUT2D eigenvalue weighted by Gasteiger charge is -2.08. The Balaban J connectivity index is 1.47. The van der Waals surface area contributed by atoms with E-state index in [0.29, 0.717) is 11.4 Å². The molecule has 32 heavy (non-hydrogen) atoms. The summed E-state index contributed by atoms with van der Waals surface area (Å²) in [6, 6.07) is 18.6. The molecule has 166 valence electrons. The van der Waals surface area contributed by atoms with Gasteiger partial charge in [0.05, 0.1) is 17.1 Å². The number of amides is 2. The molecule has 0 radical (unpaired) electrons. The Kier molecular flexibility index (Phi) is 7.21. The number of esters is 1. The summed E-state index contributed by atoms with van der Waals surface area (Å²) in [4.78, 5) is 35.0. The van der Waals surface area contributed by atoms with Gasteiger partial charge in [0.25, 0.3) is 5.91 Å². The van der Waals surface area contributed by atoms with Crippen molar-refractivity contribution in [2.75, 3.05) is 23.0 Å². The number of hydrogen-bond acceptors (Lipinski definition) is 6. The quantitative estimate of drug-likeness (QED) is 0.505. The molecule has 8 nitrogen and oxygen atoms in total. The van der Waals surface area contributed by atoms with Crippen molar-refractivity contribution >= 4 is 49.8 Å². The highest BCUT2D eigenvalue weighted by atomic mass is 32.2. The van der Waals surface area contributed by atoms with Crippen LogP contribution < -0.4 is 10.6 Å². The Morgan fingerprint density at radius 1 is 0.844 bits per heavy atom. The number of anilines is 2. The molecular formula is C23H22N2O6S. The Morgan fingerprint density at radius 3 is 2.12 bits per heavy atom. The molecule has 0 aliphatic carbocycles. The van der Waals surface area contributed by atoms with Gasteiger partial charge >= 0.3 is 5.97 Å². The zero-order chi connectivity index (χ0) is 23.1. The van der Waals surface area contributed by atoms with E-state index >= 15 is 0 Å². The van der Waals surface area contributed by atoms with Crippen LogP contribution in [0.2, 0.25) is 0 Å². The number of ether oxygens (including phenoxy) is 1. The normalized spacial score (nSPS) is 11.0. The summed E-state index contributed by atoms with van der Waals surface area (Å²) in [5.41, 5.74) is 1.04. The largest absolute Gasteiger partial charge is 0.456 e. The van der Waals surface area contributed by atoms with Crippen LogP contribution in [0.1, 0.15) is 13.3 Å². The Bertz CT molecular complexity index is 1250. The molecular weight excluding hydrogens is 432 g/mol. The maximum atomic E-state index is 12.5. The third kappa shape index (κ3) is 6.39. The van der Waals surface area contributed by atoms with Crippen molar-refractivity contribution in [1.82, 2.24) is 0 Å². The van der Waals surface area contributed by atoms with Crippen LogP contribution >= 0.6 is 0 Å². The summed E-state index contributed by atoms with van der Waals surface area (Å²) in [5.74, 6) is -1.99. The Hall–Kier alpha value is -3.72. The third-order valence-electron chi connectivity index (χ3n) is 4.51. The Labute approximate surface area is 185 Å². The number of carbonyl (C=O) groups excluding carboxylic acids is 3. The van der Waals surface area contributed by atoms with E-state index in [0.717, 1.165) is 10.8 Å². The van der Waals surface area contributed by atoms with Gasteiger partial charge in [-0.2, -0.15) is 0 Å². The number of benzene rings is 3. The first-order valence-corrected chi connectivity index (χ1v) is 11.4. The van der Waals surface area contributed by atoms with E-state index in [1.165, 1.54) is 13.0 Å². The van der Waals surface area contributed by atoms with Crippen LogP contribution in [-0.2, 0) is 29.0 Å². The maximum absolute atomic E-state index is 12.5. The van der Waals surface area contributed by atoms with Gasteiger partial charge in [0.2, 0.25) is 5.91 Å². The van der Waals surface area contributed by atoms with Crippen LogP contribution in [-0.4, -0.2) is 38.6 Å². The van der Waals surface area contributed by atoms with Gasteiger partial charge in [-0.15, -0.1) is 0 Å². The lowest BCUT2D eigenvalue weighted by atomic mass is 10.1. The summed E-state index contributed by atoms with van der Waals surface area (Å²) in [6.07, 6.45) is -0.367. The van der Waals surface area contributed by atoms with Crippen LogP contribution in [0.15, 0.2) is 71.6 Å². The zero-order valence-electron chi connectivity index (χ0n) is 17.3. The van der Waals surface area contributed by atoms with Crippen molar-refractivity contribution in [2.45, 2.75) is 18.2 Å².